The Labute approximate surface area is 88.5 Å². The van der Waals surface area contributed by atoms with Gasteiger partial charge in [-0.3, -0.25) is 0 Å². The van der Waals surface area contributed by atoms with Crippen molar-refractivity contribution >= 4 is 0 Å². The monoisotopic (exact) mass is 225 g/mol. The zero-order chi connectivity index (χ0) is 11.7. The van der Waals surface area contributed by atoms with Crippen molar-refractivity contribution < 1.29 is 17.9 Å². The second-order valence-corrected chi connectivity index (χ2v) is 3.31. The van der Waals surface area contributed by atoms with Crippen molar-refractivity contribution in [3.05, 3.63) is 12.7 Å². The summed E-state index contributed by atoms with van der Waals surface area (Å²) in [6.45, 7) is 5.19. The summed E-state index contributed by atoms with van der Waals surface area (Å²) in [5.41, 5.74) is 0. The summed E-state index contributed by atoms with van der Waals surface area (Å²) in [7, 11) is 0. The molecule has 1 unspecified atom stereocenters. The van der Waals surface area contributed by atoms with Crippen molar-refractivity contribution in [2.45, 2.75) is 32.0 Å². The van der Waals surface area contributed by atoms with Crippen LogP contribution >= 0.6 is 0 Å². The third kappa shape index (κ3) is 9.75. The lowest BCUT2D eigenvalue weighted by molar-refractivity contribution is -0.175. The van der Waals surface area contributed by atoms with E-state index in [1.165, 1.54) is 0 Å². The van der Waals surface area contributed by atoms with Gasteiger partial charge in [-0.25, -0.2) is 0 Å². The first-order chi connectivity index (χ1) is 6.99. The van der Waals surface area contributed by atoms with Gasteiger partial charge in [0.05, 0.1) is 6.61 Å². The lowest BCUT2D eigenvalue weighted by atomic mass is 10.2. The van der Waals surface area contributed by atoms with Crippen molar-refractivity contribution in [1.29, 1.82) is 0 Å². The van der Waals surface area contributed by atoms with Crippen molar-refractivity contribution in [3.63, 3.8) is 0 Å². The van der Waals surface area contributed by atoms with Gasteiger partial charge in [0.15, 0.2) is 0 Å². The molecule has 0 aromatic heterocycles. The zero-order valence-corrected chi connectivity index (χ0v) is 8.94. The van der Waals surface area contributed by atoms with Gasteiger partial charge in [-0.1, -0.05) is 13.0 Å². The molecule has 0 aromatic carbocycles. The molecule has 0 spiro atoms. The number of hydrogen-bond donors (Lipinski definition) is 1. The summed E-state index contributed by atoms with van der Waals surface area (Å²) < 4.78 is 39.9. The Morgan fingerprint density at radius 3 is 2.60 bits per heavy atom. The molecule has 0 radical (unpaired) electrons. The molecule has 0 aliphatic heterocycles. The molecule has 1 atom stereocenters. The first-order valence-electron chi connectivity index (χ1n) is 4.98. The minimum Gasteiger partial charge on any atom is -0.370 e. The lowest BCUT2D eigenvalue weighted by Gasteiger charge is -2.17. The van der Waals surface area contributed by atoms with Crippen LogP contribution in [0.25, 0.3) is 0 Å². The van der Waals surface area contributed by atoms with Gasteiger partial charge in [0.2, 0.25) is 0 Å². The van der Waals surface area contributed by atoms with E-state index in [-0.39, 0.29) is 12.6 Å². The fraction of sp³-hybridized carbons (Fsp3) is 0.800. The van der Waals surface area contributed by atoms with E-state index in [0.717, 1.165) is 13.0 Å². The molecule has 0 bridgehead atoms. The highest BCUT2D eigenvalue weighted by atomic mass is 19.4. The van der Waals surface area contributed by atoms with Gasteiger partial charge in [-0.2, -0.15) is 13.2 Å². The van der Waals surface area contributed by atoms with Crippen LogP contribution in [0, 0.1) is 0 Å². The maximum Gasteiger partial charge on any atom is 0.411 e. The quantitative estimate of drug-likeness (QED) is 0.641. The zero-order valence-electron chi connectivity index (χ0n) is 8.94. The van der Waals surface area contributed by atoms with Crippen molar-refractivity contribution in [2.24, 2.45) is 0 Å². The number of nitrogens with one attached hydrogen (secondary N) is 1. The molecule has 0 aliphatic carbocycles. The molecular weight excluding hydrogens is 207 g/mol. The smallest absolute Gasteiger partial charge is 0.370 e. The number of hydrogen-bond acceptors (Lipinski definition) is 2. The van der Waals surface area contributed by atoms with Crippen molar-refractivity contribution in [2.75, 3.05) is 19.8 Å². The first kappa shape index (κ1) is 14.5. The molecule has 2 nitrogen and oxygen atoms in total. The molecule has 0 fully saturated rings. The molecule has 5 heteroatoms. The van der Waals surface area contributed by atoms with Crippen LogP contribution in [0.1, 0.15) is 19.8 Å². The van der Waals surface area contributed by atoms with Gasteiger partial charge in [0, 0.05) is 6.04 Å². The van der Waals surface area contributed by atoms with E-state index >= 15 is 0 Å². The van der Waals surface area contributed by atoms with E-state index in [9.17, 15) is 13.2 Å². The Morgan fingerprint density at radius 1 is 1.47 bits per heavy atom. The Bertz CT molecular complexity index is 171. The normalized spacial score (nSPS) is 13.9. The molecule has 90 valence electrons. The average molecular weight is 225 g/mol. The fourth-order valence-corrected chi connectivity index (χ4v) is 1.08. The van der Waals surface area contributed by atoms with Crippen molar-refractivity contribution in [1.82, 2.24) is 5.32 Å². The van der Waals surface area contributed by atoms with Crippen molar-refractivity contribution in [3.8, 4) is 0 Å². The van der Waals surface area contributed by atoms with E-state index in [1.54, 1.807) is 6.08 Å². The van der Waals surface area contributed by atoms with E-state index in [1.807, 2.05) is 6.92 Å². The highest BCUT2D eigenvalue weighted by Gasteiger charge is 2.27. The molecule has 0 aromatic rings. The maximum atomic E-state index is 11.8. The summed E-state index contributed by atoms with van der Waals surface area (Å²) in [5, 5.41) is 3.09. The summed E-state index contributed by atoms with van der Waals surface area (Å²) in [6.07, 6.45) is -1.03. The molecule has 0 saturated carbocycles. The largest absolute Gasteiger partial charge is 0.411 e. The average Bonchev–Trinajstić information content (AvgIpc) is 2.12. The minimum atomic E-state index is -4.25. The van der Waals surface area contributed by atoms with Gasteiger partial charge in [-0.15, -0.1) is 6.58 Å². The first-order valence-corrected chi connectivity index (χ1v) is 4.98. The maximum absolute atomic E-state index is 11.8. The Kier molecular flexibility index (Phi) is 7.42. The fourth-order valence-electron chi connectivity index (χ4n) is 1.08. The van der Waals surface area contributed by atoms with Crippen LogP contribution in [0.4, 0.5) is 13.2 Å². The van der Waals surface area contributed by atoms with Gasteiger partial charge in [0.1, 0.15) is 6.61 Å². The molecule has 0 aliphatic rings. The SMILES string of the molecule is C=CCC(COCC(F)(F)F)NCCC. The topological polar surface area (TPSA) is 21.3 Å². The molecule has 0 saturated heterocycles. The Balaban J connectivity index is 3.69. The van der Waals surface area contributed by atoms with Crippen LogP contribution in [-0.2, 0) is 4.74 Å². The number of alkyl halides is 3. The standard InChI is InChI=1S/C10H18F3NO/c1-3-5-9(14-6-4-2)7-15-8-10(11,12)13/h3,9,14H,1,4-8H2,2H3. The van der Waals surface area contributed by atoms with Crippen LogP contribution in [-0.4, -0.2) is 32.0 Å². The van der Waals surface area contributed by atoms with E-state index < -0.39 is 12.8 Å². The highest BCUT2D eigenvalue weighted by Crippen LogP contribution is 2.14. The lowest BCUT2D eigenvalue weighted by Crippen LogP contribution is -2.35. The van der Waals surface area contributed by atoms with Crippen LogP contribution in [0.5, 0.6) is 0 Å². The summed E-state index contributed by atoms with van der Waals surface area (Å²) in [4.78, 5) is 0. The summed E-state index contributed by atoms with van der Waals surface area (Å²) in [6, 6.07) is -0.0789. The molecule has 0 heterocycles. The summed E-state index contributed by atoms with van der Waals surface area (Å²) >= 11 is 0. The molecule has 15 heavy (non-hydrogen) atoms. The molecule has 1 N–H and O–H groups in total. The number of halogens is 3. The summed E-state index contributed by atoms with van der Waals surface area (Å²) in [5.74, 6) is 0. The molecule has 0 rings (SSSR count). The third-order valence-electron chi connectivity index (χ3n) is 1.72. The van der Waals surface area contributed by atoms with Gasteiger partial charge >= 0.3 is 6.18 Å². The van der Waals surface area contributed by atoms with E-state index in [4.69, 9.17) is 0 Å². The minimum absolute atomic E-state index is 0.0610. The third-order valence-corrected chi connectivity index (χ3v) is 1.72. The van der Waals surface area contributed by atoms with E-state index in [2.05, 4.69) is 16.6 Å². The molecular formula is C10H18F3NO. The van der Waals surface area contributed by atoms with Gasteiger partial charge in [0.25, 0.3) is 0 Å². The Hall–Kier alpha value is -0.550. The van der Waals surface area contributed by atoms with E-state index in [0.29, 0.717) is 6.42 Å². The van der Waals surface area contributed by atoms with Gasteiger partial charge < -0.3 is 10.1 Å². The van der Waals surface area contributed by atoms with Crippen LogP contribution in [0.15, 0.2) is 12.7 Å². The predicted octanol–water partition coefficient (Wildman–Crippen LogP) is 2.51. The van der Waals surface area contributed by atoms with Crippen LogP contribution in [0.3, 0.4) is 0 Å². The van der Waals surface area contributed by atoms with Crippen LogP contribution < -0.4 is 5.32 Å². The van der Waals surface area contributed by atoms with Gasteiger partial charge in [-0.05, 0) is 19.4 Å². The molecule has 0 amide bonds. The highest BCUT2D eigenvalue weighted by molar-refractivity contribution is 4.77. The number of ether oxygens (including phenoxy) is 1. The number of rotatable bonds is 8. The Morgan fingerprint density at radius 2 is 2.13 bits per heavy atom. The van der Waals surface area contributed by atoms with Crippen LogP contribution in [0.2, 0.25) is 0 Å². The predicted molar refractivity (Wildman–Crippen MR) is 53.8 cm³/mol. The second kappa shape index (κ2) is 7.70. The second-order valence-electron chi connectivity index (χ2n) is 3.31.